The molecule has 1 heterocycles. The number of hydrogen-bond acceptors (Lipinski definition) is 3. The topological polar surface area (TPSA) is 52.7 Å². The molecule has 0 unspecified atom stereocenters. The van der Waals surface area contributed by atoms with Crippen LogP contribution >= 0.6 is 0 Å². The van der Waals surface area contributed by atoms with Gasteiger partial charge in [-0.3, -0.25) is 9.59 Å². The Bertz CT molecular complexity index is 580. The van der Waals surface area contributed by atoms with Gasteiger partial charge in [0, 0.05) is 25.5 Å². The van der Waals surface area contributed by atoms with Gasteiger partial charge in [-0.25, -0.2) is 4.39 Å². The monoisotopic (exact) mass is 291 g/mol. The van der Waals surface area contributed by atoms with Gasteiger partial charge in [-0.05, 0) is 24.3 Å². The van der Waals surface area contributed by atoms with Crippen LogP contribution < -0.4 is 10.2 Å². The second-order valence-corrected chi connectivity index (χ2v) is 5.26. The lowest BCUT2D eigenvalue weighted by atomic mass is 9.95. The van der Waals surface area contributed by atoms with Gasteiger partial charge in [0.05, 0.1) is 13.1 Å². The summed E-state index contributed by atoms with van der Waals surface area (Å²) in [6.07, 6.45) is 1.11. The SMILES string of the molecule is C=CC(=O)N1CC(F)(C(=O)Nc2cccc(N(C)C)c2)C1. The highest BCUT2D eigenvalue weighted by Crippen LogP contribution is 2.28. The molecule has 1 aliphatic heterocycles. The van der Waals surface area contributed by atoms with Gasteiger partial charge in [0.15, 0.2) is 0 Å². The zero-order valence-corrected chi connectivity index (χ0v) is 12.1. The number of nitrogens with one attached hydrogen (secondary N) is 1. The molecule has 0 radical (unpaired) electrons. The zero-order valence-electron chi connectivity index (χ0n) is 12.1. The maximum Gasteiger partial charge on any atom is 0.265 e. The first-order chi connectivity index (χ1) is 9.85. The molecule has 112 valence electrons. The maximum atomic E-state index is 14.3. The van der Waals surface area contributed by atoms with E-state index in [-0.39, 0.29) is 19.0 Å². The van der Waals surface area contributed by atoms with Crippen molar-refractivity contribution in [3.05, 3.63) is 36.9 Å². The second-order valence-electron chi connectivity index (χ2n) is 5.26. The summed E-state index contributed by atoms with van der Waals surface area (Å²) in [6.45, 7) is 2.85. The molecule has 0 aliphatic carbocycles. The molecule has 0 spiro atoms. The van der Waals surface area contributed by atoms with Crippen molar-refractivity contribution in [1.29, 1.82) is 0 Å². The van der Waals surface area contributed by atoms with Crippen molar-refractivity contribution in [2.45, 2.75) is 5.67 Å². The Balaban J connectivity index is 2.01. The summed E-state index contributed by atoms with van der Waals surface area (Å²) in [7, 11) is 3.75. The molecule has 0 atom stereocenters. The van der Waals surface area contributed by atoms with Crippen molar-refractivity contribution in [3.63, 3.8) is 0 Å². The van der Waals surface area contributed by atoms with Crippen molar-refractivity contribution in [2.75, 3.05) is 37.4 Å². The normalized spacial score (nSPS) is 15.9. The van der Waals surface area contributed by atoms with Gasteiger partial charge >= 0.3 is 0 Å². The van der Waals surface area contributed by atoms with Crippen molar-refractivity contribution >= 4 is 23.2 Å². The molecule has 21 heavy (non-hydrogen) atoms. The summed E-state index contributed by atoms with van der Waals surface area (Å²) in [5.41, 5.74) is -0.609. The van der Waals surface area contributed by atoms with Crippen LogP contribution in [0, 0.1) is 0 Å². The Morgan fingerprint density at radius 2 is 2.10 bits per heavy atom. The fraction of sp³-hybridized carbons (Fsp3) is 0.333. The maximum absolute atomic E-state index is 14.3. The van der Waals surface area contributed by atoms with Crippen molar-refractivity contribution in [1.82, 2.24) is 4.90 Å². The van der Waals surface area contributed by atoms with E-state index in [0.717, 1.165) is 11.8 Å². The fourth-order valence-corrected chi connectivity index (χ4v) is 2.09. The van der Waals surface area contributed by atoms with Crippen LogP contribution in [-0.4, -0.2) is 49.6 Å². The lowest BCUT2D eigenvalue weighted by Crippen LogP contribution is -2.65. The zero-order chi connectivity index (χ0) is 15.6. The molecule has 1 fully saturated rings. The summed E-state index contributed by atoms with van der Waals surface area (Å²) in [6, 6.07) is 7.12. The van der Waals surface area contributed by atoms with E-state index in [1.807, 2.05) is 25.1 Å². The van der Waals surface area contributed by atoms with Crippen LogP contribution in [0.2, 0.25) is 0 Å². The summed E-state index contributed by atoms with van der Waals surface area (Å²) in [4.78, 5) is 26.4. The van der Waals surface area contributed by atoms with Gasteiger partial charge in [-0.15, -0.1) is 0 Å². The lowest BCUT2D eigenvalue weighted by molar-refractivity contribution is -0.150. The van der Waals surface area contributed by atoms with Crippen LogP contribution in [-0.2, 0) is 9.59 Å². The van der Waals surface area contributed by atoms with Crippen LogP contribution in [0.1, 0.15) is 0 Å². The molecule has 1 saturated heterocycles. The van der Waals surface area contributed by atoms with Crippen LogP contribution in [0.15, 0.2) is 36.9 Å². The predicted octanol–water partition coefficient (Wildman–Crippen LogP) is 1.43. The minimum atomic E-state index is -2.03. The van der Waals surface area contributed by atoms with E-state index in [1.54, 1.807) is 18.2 Å². The van der Waals surface area contributed by atoms with E-state index in [0.29, 0.717) is 5.69 Å². The molecule has 0 bridgehead atoms. The predicted molar refractivity (Wildman–Crippen MR) is 80.0 cm³/mol. The Labute approximate surface area is 123 Å². The molecule has 6 heteroatoms. The number of hydrogen-bond donors (Lipinski definition) is 1. The van der Waals surface area contributed by atoms with Gasteiger partial charge in [0.25, 0.3) is 5.91 Å². The average molecular weight is 291 g/mol. The third-order valence-electron chi connectivity index (χ3n) is 3.40. The van der Waals surface area contributed by atoms with Crippen LogP contribution in [0.5, 0.6) is 0 Å². The molecule has 2 amide bonds. The van der Waals surface area contributed by atoms with E-state index in [9.17, 15) is 14.0 Å². The molecule has 5 nitrogen and oxygen atoms in total. The molecular formula is C15H18FN3O2. The summed E-state index contributed by atoms with van der Waals surface area (Å²) in [5.74, 6) is -1.10. The number of carbonyl (C=O) groups excluding carboxylic acids is 2. The summed E-state index contributed by atoms with van der Waals surface area (Å²) < 4.78 is 14.3. The number of carbonyl (C=O) groups is 2. The Kier molecular flexibility index (Phi) is 3.97. The van der Waals surface area contributed by atoms with Crippen molar-refractivity contribution < 1.29 is 14.0 Å². The average Bonchev–Trinajstić information content (AvgIpc) is 2.43. The first-order valence-electron chi connectivity index (χ1n) is 6.55. The smallest absolute Gasteiger partial charge is 0.265 e. The number of halogens is 1. The third-order valence-corrected chi connectivity index (χ3v) is 3.40. The van der Waals surface area contributed by atoms with Crippen LogP contribution in [0.25, 0.3) is 0 Å². The van der Waals surface area contributed by atoms with Crippen LogP contribution in [0.3, 0.4) is 0 Å². The molecular weight excluding hydrogens is 273 g/mol. The van der Waals surface area contributed by atoms with Gasteiger partial charge in [-0.2, -0.15) is 0 Å². The standard InChI is InChI=1S/C15H18FN3O2/c1-4-13(20)19-9-15(16,10-19)14(21)17-11-6-5-7-12(8-11)18(2)3/h4-8H,1,9-10H2,2-3H3,(H,17,21). The summed E-state index contributed by atoms with van der Waals surface area (Å²) in [5, 5.41) is 2.55. The van der Waals surface area contributed by atoms with Gasteiger partial charge in [0.1, 0.15) is 0 Å². The highest BCUT2D eigenvalue weighted by atomic mass is 19.1. The summed E-state index contributed by atoms with van der Waals surface area (Å²) >= 11 is 0. The molecule has 2 rings (SSSR count). The number of anilines is 2. The van der Waals surface area contributed by atoms with Crippen molar-refractivity contribution in [3.8, 4) is 0 Å². The Hall–Kier alpha value is -2.37. The van der Waals surface area contributed by atoms with Gasteiger partial charge in [0.2, 0.25) is 11.6 Å². The van der Waals surface area contributed by atoms with Gasteiger partial charge in [-0.1, -0.05) is 12.6 Å². The van der Waals surface area contributed by atoms with E-state index >= 15 is 0 Å². The first kappa shape index (κ1) is 15.0. The van der Waals surface area contributed by atoms with Gasteiger partial charge < -0.3 is 15.1 Å². The largest absolute Gasteiger partial charge is 0.378 e. The van der Waals surface area contributed by atoms with E-state index < -0.39 is 11.6 Å². The number of amides is 2. The number of nitrogens with zero attached hydrogens (tertiary/aromatic N) is 2. The lowest BCUT2D eigenvalue weighted by Gasteiger charge is -2.42. The van der Waals surface area contributed by atoms with Crippen molar-refractivity contribution in [2.24, 2.45) is 0 Å². The highest BCUT2D eigenvalue weighted by Gasteiger charge is 2.51. The minimum absolute atomic E-state index is 0.239. The quantitative estimate of drug-likeness (QED) is 0.854. The number of benzene rings is 1. The van der Waals surface area contributed by atoms with E-state index in [2.05, 4.69) is 11.9 Å². The molecule has 1 aromatic carbocycles. The molecule has 0 aromatic heterocycles. The number of rotatable bonds is 4. The second kappa shape index (κ2) is 5.55. The minimum Gasteiger partial charge on any atom is -0.378 e. The van der Waals surface area contributed by atoms with Crippen LogP contribution in [0.4, 0.5) is 15.8 Å². The molecule has 1 N–H and O–H groups in total. The number of alkyl halides is 1. The number of likely N-dealkylation sites (tertiary alicyclic amines) is 1. The Morgan fingerprint density at radius 1 is 1.43 bits per heavy atom. The molecule has 0 saturated carbocycles. The molecule has 1 aromatic rings. The highest BCUT2D eigenvalue weighted by molar-refractivity contribution is 6.00. The third kappa shape index (κ3) is 3.04. The van der Waals surface area contributed by atoms with E-state index in [4.69, 9.17) is 0 Å². The first-order valence-corrected chi connectivity index (χ1v) is 6.55. The Morgan fingerprint density at radius 3 is 2.67 bits per heavy atom. The van der Waals surface area contributed by atoms with E-state index in [1.165, 1.54) is 4.90 Å². The molecule has 1 aliphatic rings. The fourth-order valence-electron chi connectivity index (χ4n) is 2.09.